The van der Waals surface area contributed by atoms with E-state index in [-0.39, 0.29) is 0 Å². The van der Waals surface area contributed by atoms with Crippen molar-refractivity contribution in [3.63, 3.8) is 0 Å². The highest BCUT2D eigenvalue weighted by atomic mass is 16.5. The second-order valence-corrected chi connectivity index (χ2v) is 4.45. The average molecular weight is 221 g/mol. The average Bonchev–Trinajstić information content (AvgIpc) is 2.28. The summed E-state index contributed by atoms with van der Waals surface area (Å²) in [7, 11) is 0. The van der Waals surface area contributed by atoms with Gasteiger partial charge in [-0.15, -0.1) is 0 Å². The Balaban J connectivity index is 1.80. The number of ether oxygens (including phenoxy) is 1. The van der Waals surface area contributed by atoms with Gasteiger partial charge in [0.2, 0.25) is 0 Å². The molecule has 2 rings (SSSR count). The van der Waals surface area contributed by atoms with Crippen molar-refractivity contribution in [1.82, 2.24) is 5.32 Å². The zero-order valence-corrected chi connectivity index (χ0v) is 9.65. The van der Waals surface area contributed by atoms with Crippen molar-refractivity contribution in [2.24, 2.45) is 0 Å². The molecule has 1 aromatic carbocycles. The van der Waals surface area contributed by atoms with Crippen LogP contribution in [0.2, 0.25) is 0 Å². The maximum atomic E-state index is 9.17. The third kappa shape index (κ3) is 3.22. The van der Waals surface area contributed by atoms with Crippen LogP contribution in [0.25, 0.3) is 0 Å². The Morgan fingerprint density at radius 3 is 2.81 bits per heavy atom. The molecule has 88 valence electrons. The smallest absolute Gasteiger partial charge is 0.115 e. The Morgan fingerprint density at radius 2 is 2.12 bits per heavy atom. The molecule has 0 spiro atoms. The van der Waals surface area contributed by atoms with E-state index in [0.717, 1.165) is 26.0 Å². The number of hydrogen-bond acceptors (Lipinski definition) is 3. The maximum absolute atomic E-state index is 9.17. The van der Waals surface area contributed by atoms with Crippen LogP contribution < -0.4 is 5.32 Å². The highest BCUT2D eigenvalue weighted by Crippen LogP contribution is 2.14. The third-order valence-corrected chi connectivity index (χ3v) is 3.02. The van der Waals surface area contributed by atoms with Crippen LogP contribution in [-0.2, 0) is 11.3 Å². The van der Waals surface area contributed by atoms with Gasteiger partial charge in [0.05, 0.1) is 6.10 Å². The summed E-state index contributed by atoms with van der Waals surface area (Å²) in [6, 6.07) is 7.90. The topological polar surface area (TPSA) is 41.5 Å². The molecule has 0 aliphatic carbocycles. The fourth-order valence-corrected chi connectivity index (χ4v) is 2.06. The molecular weight excluding hydrogens is 202 g/mol. The van der Waals surface area contributed by atoms with Gasteiger partial charge >= 0.3 is 0 Å². The lowest BCUT2D eigenvalue weighted by Gasteiger charge is -2.28. The van der Waals surface area contributed by atoms with E-state index in [1.165, 1.54) is 5.56 Å². The molecule has 16 heavy (non-hydrogen) atoms. The first-order valence-corrected chi connectivity index (χ1v) is 5.87. The summed E-state index contributed by atoms with van der Waals surface area (Å²) in [6.07, 6.45) is 2.53. The van der Waals surface area contributed by atoms with Crippen LogP contribution in [0.15, 0.2) is 24.3 Å². The van der Waals surface area contributed by atoms with Gasteiger partial charge in [-0.1, -0.05) is 12.1 Å². The van der Waals surface area contributed by atoms with Gasteiger partial charge in [0, 0.05) is 19.2 Å². The third-order valence-electron chi connectivity index (χ3n) is 3.02. The molecule has 0 saturated carbocycles. The van der Waals surface area contributed by atoms with E-state index in [9.17, 15) is 5.11 Å². The van der Waals surface area contributed by atoms with Gasteiger partial charge in [0.25, 0.3) is 0 Å². The number of benzene rings is 1. The molecule has 1 fully saturated rings. The van der Waals surface area contributed by atoms with Gasteiger partial charge in [-0.2, -0.15) is 0 Å². The second-order valence-electron chi connectivity index (χ2n) is 4.45. The summed E-state index contributed by atoms with van der Waals surface area (Å²) in [5, 5.41) is 12.7. The van der Waals surface area contributed by atoms with Crippen molar-refractivity contribution in [2.45, 2.75) is 38.5 Å². The van der Waals surface area contributed by atoms with Gasteiger partial charge in [-0.3, -0.25) is 0 Å². The Kier molecular flexibility index (Phi) is 3.80. The van der Waals surface area contributed by atoms with Crippen LogP contribution in [0.4, 0.5) is 0 Å². The molecule has 0 aromatic heterocycles. The predicted octanol–water partition coefficient (Wildman–Crippen LogP) is 2.05. The number of nitrogens with one attached hydrogen (secondary N) is 1. The Labute approximate surface area is 96.4 Å². The van der Waals surface area contributed by atoms with Gasteiger partial charge in [0.15, 0.2) is 0 Å². The van der Waals surface area contributed by atoms with Crippen molar-refractivity contribution in [2.75, 3.05) is 6.61 Å². The van der Waals surface area contributed by atoms with Crippen molar-refractivity contribution < 1.29 is 9.84 Å². The fourth-order valence-electron chi connectivity index (χ4n) is 2.06. The molecule has 0 radical (unpaired) electrons. The van der Waals surface area contributed by atoms with Crippen LogP contribution in [0, 0.1) is 0 Å². The van der Waals surface area contributed by atoms with Gasteiger partial charge in [-0.05, 0) is 37.5 Å². The molecule has 2 N–H and O–H groups in total. The first-order valence-electron chi connectivity index (χ1n) is 5.87. The summed E-state index contributed by atoms with van der Waals surface area (Å²) in [5.41, 5.74) is 1.21. The number of rotatable bonds is 3. The molecule has 2 unspecified atom stereocenters. The van der Waals surface area contributed by atoms with E-state index in [1.54, 1.807) is 12.1 Å². The van der Waals surface area contributed by atoms with Gasteiger partial charge in [-0.25, -0.2) is 0 Å². The summed E-state index contributed by atoms with van der Waals surface area (Å²) < 4.78 is 5.50. The van der Waals surface area contributed by atoms with Crippen LogP contribution in [0.1, 0.15) is 25.3 Å². The lowest BCUT2D eigenvalue weighted by Crippen LogP contribution is -2.37. The lowest BCUT2D eigenvalue weighted by molar-refractivity contribution is 0.0130. The number of aromatic hydroxyl groups is 1. The SMILES string of the molecule is CC1CC(NCc2ccc(O)cc2)CCO1. The van der Waals surface area contributed by atoms with E-state index < -0.39 is 0 Å². The van der Waals surface area contributed by atoms with E-state index in [2.05, 4.69) is 12.2 Å². The molecule has 0 amide bonds. The van der Waals surface area contributed by atoms with E-state index >= 15 is 0 Å². The highest BCUT2D eigenvalue weighted by molar-refractivity contribution is 5.25. The minimum atomic E-state index is 0.323. The van der Waals surface area contributed by atoms with Crippen LogP contribution in [0.3, 0.4) is 0 Å². The minimum absolute atomic E-state index is 0.323. The Hall–Kier alpha value is -1.06. The predicted molar refractivity (Wildman–Crippen MR) is 63.4 cm³/mol. The van der Waals surface area contributed by atoms with Crippen molar-refractivity contribution in [3.05, 3.63) is 29.8 Å². The first-order chi connectivity index (χ1) is 7.74. The summed E-state index contributed by atoms with van der Waals surface area (Å²) in [6.45, 7) is 3.83. The first kappa shape index (κ1) is 11.4. The molecule has 1 aliphatic heterocycles. The van der Waals surface area contributed by atoms with E-state index in [4.69, 9.17) is 4.74 Å². The zero-order chi connectivity index (χ0) is 11.4. The quantitative estimate of drug-likeness (QED) is 0.820. The van der Waals surface area contributed by atoms with Crippen molar-refractivity contribution in [1.29, 1.82) is 0 Å². The summed E-state index contributed by atoms with van der Waals surface area (Å²) >= 11 is 0. The van der Waals surface area contributed by atoms with E-state index in [0.29, 0.717) is 17.9 Å². The zero-order valence-electron chi connectivity index (χ0n) is 9.65. The molecule has 1 aliphatic rings. The molecule has 3 nitrogen and oxygen atoms in total. The molecule has 1 heterocycles. The van der Waals surface area contributed by atoms with Crippen molar-refractivity contribution >= 4 is 0 Å². The molecule has 2 atom stereocenters. The second kappa shape index (κ2) is 5.32. The largest absolute Gasteiger partial charge is 0.508 e. The van der Waals surface area contributed by atoms with E-state index in [1.807, 2.05) is 12.1 Å². The molecule has 3 heteroatoms. The Morgan fingerprint density at radius 1 is 1.38 bits per heavy atom. The maximum Gasteiger partial charge on any atom is 0.115 e. The van der Waals surface area contributed by atoms with Crippen LogP contribution in [-0.4, -0.2) is 23.9 Å². The van der Waals surface area contributed by atoms with Gasteiger partial charge < -0.3 is 15.2 Å². The summed E-state index contributed by atoms with van der Waals surface area (Å²) in [4.78, 5) is 0. The monoisotopic (exact) mass is 221 g/mol. The Bertz CT molecular complexity index is 323. The number of phenols is 1. The normalized spacial score (nSPS) is 25.6. The molecule has 1 saturated heterocycles. The molecular formula is C13H19NO2. The minimum Gasteiger partial charge on any atom is -0.508 e. The standard InChI is InChI=1S/C13H19NO2/c1-10-8-12(6-7-16-10)14-9-11-2-4-13(15)5-3-11/h2-5,10,12,14-15H,6-9H2,1H3. The number of hydrogen-bond donors (Lipinski definition) is 2. The molecule has 0 bridgehead atoms. The van der Waals surface area contributed by atoms with Crippen LogP contribution in [0.5, 0.6) is 5.75 Å². The lowest BCUT2D eigenvalue weighted by atomic mass is 10.0. The molecule has 1 aromatic rings. The fraction of sp³-hybridized carbons (Fsp3) is 0.538. The van der Waals surface area contributed by atoms with Crippen LogP contribution >= 0.6 is 0 Å². The van der Waals surface area contributed by atoms with Crippen molar-refractivity contribution in [3.8, 4) is 5.75 Å². The number of phenolic OH excluding ortho intramolecular Hbond substituents is 1. The highest BCUT2D eigenvalue weighted by Gasteiger charge is 2.18. The van der Waals surface area contributed by atoms with Gasteiger partial charge in [0.1, 0.15) is 5.75 Å². The summed E-state index contributed by atoms with van der Waals surface area (Å²) in [5.74, 6) is 0.323.